The molecule has 0 aliphatic carbocycles. The van der Waals surface area contributed by atoms with E-state index in [9.17, 15) is 9.59 Å². The molecular weight excluding hydrogens is 317 g/mol. The molecule has 0 aliphatic heterocycles. The Morgan fingerprint density at radius 1 is 1.33 bits per heavy atom. The fraction of sp³-hybridized carbons (Fsp3) is 0.429. The van der Waals surface area contributed by atoms with Crippen LogP contribution < -0.4 is 10.1 Å². The van der Waals surface area contributed by atoms with Crippen LogP contribution in [0.3, 0.4) is 0 Å². The van der Waals surface area contributed by atoms with E-state index in [1.807, 2.05) is 0 Å². The molecule has 0 spiro atoms. The molecule has 1 aromatic carbocycles. The van der Waals surface area contributed by atoms with Crippen molar-refractivity contribution in [3.63, 3.8) is 0 Å². The third-order valence-corrected chi connectivity index (χ3v) is 3.62. The van der Waals surface area contributed by atoms with E-state index in [0.29, 0.717) is 22.2 Å². The number of nitrogens with one attached hydrogen (secondary N) is 1. The number of hydrogen-bond acceptors (Lipinski definition) is 3. The fourth-order valence-electron chi connectivity index (χ4n) is 1.56. The number of hydrogen-bond donors (Lipinski definition) is 2. The molecule has 0 aliphatic rings. The molecule has 1 amide bonds. The van der Waals surface area contributed by atoms with Gasteiger partial charge in [-0.15, -0.1) is 0 Å². The number of amides is 1. The average molecular weight is 334 g/mol. The number of halogens is 2. The molecule has 2 N–H and O–H groups in total. The lowest BCUT2D eigenvalue weighted by Crippen LogP contribution is -2.33. The van der Waals surface area contributed by atoms with Gasteiger partial charge in [-0.3, -0.25) is 9.59 Å². The molecule has 1 unspecified atom stereocenters. The van der Waals surface area contributed by atoms with Crippen molar-refractivity contribution in [1.29, 1.82) is 0 Å². The Kier molecular flexibility index (Phi) is 7.32. The third-order valence-electron chi connectivity index (χ3n) is 2.88. The summed E-state index contributed by atoms with van der Waals surface area (Å²) in [6.45, 7) is 2.06. The van der Waals surface area contributed by atoms with Crippen molar-refractivity contribution < 1.29 is 19.4 Å². The van der Waals surface area contributed by atoms with Gasteiger partial charge in [0.2, 0.25) is 5.91 Å². The van der Waals surface area contributed by atoms with Crippen LogP contribution in [0.4, 0.5) is 0 Å². The zero-order chi connectivity index (χ0) is 15.8. The maximum atomic E-state index is 11.6. The van der Waals surface area contributed by atoms with Crippen LogP contribution in [0.5, 0.6) is 5.75 Å². The number of carboxylic acid groups (broad SMARTS) is 1. The summed E-state index contributed by atoms with van der Waals surface area (Å²) < 4.78 is 5.37. The second-order valence-corrected chi connectivity index (χ2v) is 5.24. The Balaban J connectivity index is 2.30. The second kappa shape index (κ2) is 8.74. The minimum Gasteiger partial charge on any atom is -0.493 e. The Morgan fingerprint density at radius 2 is 2.05 bits per heavy atom. The van der Waals surface area contributed by atoms with Crippen LogP contribution in [0.25, 0.3) is 0 Å². The molecule has 7 heteroatoms. The molecule has 0 aromatic heterocycles. The van der Waals surface area contributed by atoms with Gasteiger partial charge in [0, 0.05) is 12.6 Å². The molecule has 0 fully saturated rings. The summed E-state index contributed by atoms with van der Waals surface area (Å²) in [6.07, 6.45) is 0.603. The zero-order valence-electron chi connectivity index (χ0n) is 11.6. The van der Waals surface area contributed by atoms with E-state index in [2.05, 4.69) is 5.32 Å². The first-order valence-corrected chi connectivity index (χ1v) is 7.27. The summed E-state index contributed by atoms with van der Waals surface area (Å²) in [7, 11) is 0. The van der Waals surface area contributed by atoms with Gasteiger partial charge >= 0.3 is 5.97 Å². The summed E-state index contributed by atoms with van der Waals surface area (Å²) in [5.74, 6) is -1.21. The Labute approximate surface area is 133 Å². The van der Waals surface area contributed by atoms with Crippen LogP contribution >= 0.6 is 23.2 Å². The molecule has 5 nitrogen and oxygen atoms in total. The second-order valence-electron chi connectivity index (χ2n) is 4.42. The molecule has 1 atom stereocenters. The normalized spacial score (nSPS) is 11.8. The Morgan fingerprint density at radius 3 is 2.62 bits per heavy atom. The lowest BCUT2D eigenvalue weighted by molar-refractivity contribution is -0.141. The predicted molar refractivity (Wildman–Crippen MR) is 81.0 cm³/mol. The van der Waals surface area contributed by atoms with E-state index in [1.54, 1.807) is 25.1 Å². The average Bonchev–Trinajstić information content (AvgIpc) is 2.43. The van der Waals surface area contributed by atoms with Gasteiger partial charge in [-0.2, -0.15) is 0 Å². The molecule has 116 valence electrons. The number of carbonyl (C=O) groups is 2. The lowest BCUT2D eigenvalue weighted by atomic mass is 10.1. The van der Waals surface area contributed by atoms with Crippen LogP contribution in [0.2, 0.25) is 10.0 Å². The minimum absolute atomic E-state index is 0.122. The molecule has 0 saturated carbocycles. The number of rotatable bonds is 8. The topological polar surface area (TPSA) is 75.6 Å². The highest BCUT2D eigenvalue weighted by atomic mass is 35.5. The van der Waals surface area contributed by atoms with Crippen molar-refractivity contribution in [2.45, 2.75) is 19.8 Å². The minimum atomic E-state index is -0.912. The van der Waals surface area contributed by atoms with Gasteiger partial charge in [0.25, 0.3) is 0 Å². The van der Waals surface area contributed by atoms with E-state index >= 15 is 0 Å². The summed E-state index contributed by atoms with van der Waals surface area (Å²) >= 11 is 11.6. The van der Waals surface area contributed by atoms with Crippen LogP contribution in [-0.2, 0) is 9.59 Å². The van der Waals surface area contributed by atoms with Gasteiger partial charge in [0.15, 0.2) is 0 Å². The molecule has 1 aromatic rings. The highest BCUT2D eigenvalue weighted by Gasteiger charge is 2.15. The van der Waals surface area contributed by atoms with Gasteiger partial charge in [-0.05, 0) is 18.6 Å². The number of ether oxygens (including phenoxy) is 1. The number of carbonyl (C=O) groups excluding carboxylic acids is 1. The summed E-state index contributed by atoms with van der Waals surface area (Å²) in [5, 5.41) is 12.2. The summed E-state index contributed by atoms with van der Waals surface area (Å²) in [5.41, 5.74) is 0. The number of carboxylic acids is 1. The van der Waals surface area contributed by atoms with Crippen molar-refractivity contribution in [1.82, 2.24) is 5.32 Å². The van der Waals surface area contributed by atoms with E-state index in [0.717, 1.165) is 0 Å². The molecule has 0 bridgehead atoms. The SMILES string of the molecule is CCC(CNC(=O)CCOc1ccc(Cl)c(Cl)c1)C(=O)O. The predicted octanol–water partition coefficient (Wildman–Crippen LogP) is 2.99. The monoisotopic (exact) mass is 333 g/mol. The van der Waals surface area contributed by atoms with E-state index in [4.69, 9.17) is 33.0 Å². The summed E-state index contributed by atoms with van der Waals surface area (Å²) in [4.78, 5) is 22.4. The smallest absolute Gasteiger partial charge is 0.308 e. The van der Waals surface area contributed by atoms with Crippen molar-refractivity contribution in [2.75, 3.05) is 13.2 Å². The first-order chi connectivity index (χ1) is 9.93. The van der Waals surface area contributed by atoms with Crippen molar-refractivity contribution in [3.8, 4) is 5.75 Å². The van der Waals surface area contributed by atoms with Crippen LogP contribution in [0.1, 0.15) is 19.8 Å². The Bertz CT molecular complexity index is 508. The molecule has 0 heterocycles. The molecular formula is C14H17Cl2NO4. The van der Waals surface area contributed by atoms with Gasteiger partial charge in [-0.1, -0.05) is 30.1 Å². The van der Waals surface area contributed by atoms with Crippen LogP contribution in [0, 0.1) is 5.92 Å². The molecule has 1 rings (SSSR count). The van der Waals surface area contributed by atoms with E-state index in [1.165, 1.54) is 0 Å². The van der Waals surface area contributed by atoms with E-state index < -0.39 is 11.9 Å². The maximum Gasteiger partial charge on any atom is 0.308 e. The highest BCUT2D eigenvalue weighted by Crippen LogP contribution is 2.26. The maximum absolute atomic E-state index is 11.6. The van der Waals surface area contributed by atoms with Crippen molar-refractivity contribution >= 4 is 35.1 Å². The summed E-state index contributed by atoms with van der Waals surface area (Å²) in [6, 6.07) is 4.83. The van der Waals surface area contributed by atoms with E-state index in [-0.39, 0.29) is 25.5 Å². The van der Waals surface area contributed by atoms with Gasteiger partial charge in [0.1, 0.15) is 5.75 Å². The molecule has 0 saturated heterocycles. The van der Waals surface area contributed by atoms with Gasteiger partial charge in [-0.25, -0.2) is 0 Å². The third kappa shape index (κ3) is 6.23. The molecule has 21 heavy (non-hydrogen) atoms. The largest absolute Gasteiger partial charge is 0.493 e. The molecule has 0 radical (unpaired) electrons. The van der Waals surface area contributed by atoms with Crippen LogP contribution in [-0.4, -0.2) is 30.1 Å². The quantitative estimate of drug-likeness (QED) is 0.766. The van der Waals surface area contributed by atoms with Crippen molar-refractivity contribution in [3.05, 3.63) is 28.2 Å². The number of benzene rings is 1. The standard InChI is InChI=1S/C14H17Cl2NO4/c1-2-9(14(19)20)8-17-13(18)5-6-21-10-3-4-11(15)12(16)7-10/h3-4,7,9H,2,5-6,8H2,1H3,(H,17,18)(H,19,20). The first kappa shape index (κ1) is 17.6. The fourth-order valence-corrected chi connectivity index (χ4v) is 1.85. The lowest BCUT2D eigenvalue weighted by Gasteiger charge is -2.11. The number of aliphatic carboxylic acids is 1. The van der Waals surface area contributed by atoms with Gasteiger partial charge < -0.3 is 15.2 Å². The van der Waals surface area contributed by atoms with Crippen molar-refractivity contribution in [2.24, 2.45) is 5.92 Å². The van der Waals surface area contributed by atoms with Gasteiger partial charge in [0.05, 0.1) is 29.0 Å². The Hall–Kier alpha value is -1.46. The van der Waals surface area contributed by atoms with Crippen LogP contribution in [0.15, 0.2) is 18.2 Å². The first-order valence-electron chi connectivity index (χ1n) is 6.51. The zero-order valence-corrected chi connectivity index (χ0v) is 13.1. The highest BCUT2D eigenvalue weighted by molar-refractivity contribution is 6.42.